The van der Waals surface area contributed by atoms with E-state index in [0.29, 0.717) is 5.41 Å². The van der Waals surface area contributed by atoms with Crippen LogP contribution in [0.5, 0.6) is 0 Å². The molecule has 0 heterocycles. The number of unbranched alkanes of at least 4 members (excludes halogenated alkanes) is 19. The molecule has 1 unspecified atom stereocenters. The zero-order valence-electron chi connectivity index (χ0n) is 25.2. The number of rotatable bonds is 26. The summed E-state index contributed by atoms with van der Waals surface area (Å²) in [6.45, 7) is 17.1. The average Bonchev–Trinajstić information content (AvgIpc) is 2.80. The van der Waals surface area contributed by atoms with Crippen LogP contribution in [0.4, 0.5) is 0 Å². The zero-order valence-corrected chi connectivity index (χ0v) is 25.2. The van der Waals surface area contributed by atoms with Gasteiger partial charge in [0.15, 0.2) is 0 Å². The molecule has 206 valence electrons. The zero-order chi connectivity index (χ0) is 25.3. The van der Waals surface area contributed by atoms with Gasteiger partial charge in [0.1, 0.15) is 0 Å². The largest absolute Gasteiger partial charge is 0.300 e. The highest BCUT2D eigenvalue weighted by atomic mass is 15.2. The molecule has 0 aliphatic carbocycles. The van der Waals surface area contributed by atoms with Crippen LogP contribution in [0.15, 0.2) is 0 Å². The predicted molar refractivity (Wildman–Crippen MR) is 158 cm³/mol. The van der Waals surface area contributed by atoms with E-state index in [2.05, 4.69) is 46.4 Å². The second kappa shape index (κ2) is 24.6. The van der Waals surface area contributed by atoms with Gasteiger partial charge in [-0.2, -0.15) is 0 Å². The quantitative estimate of drug-likeness (QED) is 0.111. The minimum atomic E-state index is 0.393. The molecule has 0 aliphatic heterocycles. The van der Waals surface area contributed by atoms with Gasteiger partial charge in [-0.25, -0.2) is 0 Å². The fourth-order valence-corrected chi connectivity index (χ4v) is 5.60. The Kier molecular flexibility index (Phi) is 24.6. The van der Waals surface area contributed by atoms with E-state index in [4.69, 9.17) is 0 Å². The summed E-state index contributed by atoms with van der Waals surface area (Å²) in [5.74, 6) is 0. The Bertz CT molecular complexity index is 362. The van der Waals surface area contributed by atoms with E-state index in [9.17, 15) is 0 Å². The van der Waals surface area contributed by atoms with Crippen molar-refractivity contribution >= 4 is 0 Å². The molecule has 0 amide bonds. The van der Waals surface area contributed by atoms with E-state index >= 15 is 0 Å². The third kappa shape index (κ3) is 21.3. The molecule has 0 aliphatic rings. The monoisotopic (exact) mass is 480 g/mol. The van der Waals surface area contributed by atoms with Gasteiger partial charge < -0.3 is 0 Å². The number of hydrogen-bond acceptors (Lipinski definition) is 1. The van der Waals surface area contributed by atoms with E-state index in [1.807, 2.05) is 0 Å². The molecule has 0 saturated heterocycles. The highest BCUT2D eigenvalue weighted by Gasteiger charge is 2.29. The van der Waals surface area contributed by atoms with Crippen molar-refractivity contribution < 1.29 is 0 Å². The van der Waals surface area contributed by atoms with E-state index in [1.54, 1.807) is 0 Å². The summed E-state index contributed by atoms with van der Waals surface area (Å²) in [4.78, 5) is 2.94. The fourth-order valence-electron chi connectivity index (χ4n) is 5.60. The Labute approximate surface area is 218 Å². The molecule has 0 aromatic carbocycles. The van der Waals surface area contributed by atoms with Crippen LogP contribution in [-0.2, 0) is 0 Å². The van der Waals surface area contributed by atoms with Crippen molar-refractivity contribution in [2.24, 2.45) is 5.41 Å². The first-order chi connectivity index (χ1) is 16.5. The molecule has 0 radical (unpaired) electrons. The molecule has 0 rings (SSSR count). The molecule has 1 nitrogen and oxygen atoms in total. The van der Waals surface area contributed by atoms with E-state index in [0.717, 1.165) is 6.04 Å². The van der Waals surface area contributed by atoms with Crippen LogP contribution in [0, 0.1) is 5.41 Å². The first kappa shape index (κ1) is 34.0. The highest BCUT2D eigenvalue weighted by Crippen LogP contribution is 2.30. The molecule has 0 saturated carbocycles. The Morgan fingerprint density at radius 1 is 0.412 bits per heavy atom. The molecule has 0 bridgehead atoms. The van der Waals surface area contributed by atoms with Gasteiger partial charge in [-0.05, 0) is 37.8 Å². The van der Waals surface area contributed by atoms with Crippen LogP contribution >= 0.6 is 0 Å². The van der Waals surface area contributed by atoms with Crippen LogP contribution in [0.2, 0.25) is 0 Å². The van der Waals surface area contributed by atoms with Gasteiger partial charge in [-0.3, -0.25) is 4.90 Å². The molecular formula is C33H69N. The normalized spacial score (nSPS) is 13.1. The lowest BCUT2D eigenvalue weighted by atomic mass is 9.82. The lowest BCUT2D eigenvalue weighted by molar-refractivity contribution is 0.0847. The third-order valence-electron chi connectivity index (χ3n) is 7.87. The maximum absolute atomic E-state index is 2.94. The summed E-state index contributed by atoms with van der Waals surface area (Å²) in [6.07, 6.45) is 32.8. The molecular weight excluding hydrogens is 410 g/mol. The van der Waals surface area contributed by atoms with Gasteiger partial charge >= 0.3 is 0 Å². The minimum absolute atomic E-state index is 0.393. The SMILES string of the molecule is CCCCCCCCCCN(CCCCCCCCCC)C(CCCCCCCC)C(C)(C)C. The molecule has 1 atom stereocenters. The maximum Gasteiger partial charge on any atom is 0.0144 e. The van der Waals surface area contributed by atoms with Crippen molar-refractivity contribution in [1.29, 1.82) is 0 Å². The molecule has 0 aromatic heterocycles. The first-order valence-corrected chi connectivity index (χ1v) is 16.2. The predicted octanol–water partition coefficient (Wildman–Crippen LogP) is 11.7. The van der Waals surface area contributed by atoms with Gasteiger partial charge in [0.05, 0.1) is 0 Å². The highest BCUT2D eigenvalue weighted by molar-refractivity contribution is 4.83. The maximum atomic E-state index is 2.94. The molecule has 0 fully saturated rings. The first-order valence-electron chi connectivity index (χ1n) is 16.2. The Morgan fingerprint density at radius 2 is 0.706 bits per heavy atom. The Balaban J connectivity index is 4.54. The summed E-state index contributed by atoms with van der Waals surface area (Å²) in [5.41, 5.74) is 0.393. The molecule has 1 heteroatoms. The van der Waals surface area contributed by atoms with Crippen LogP contribution in [0.1, 0.15) is 189 Å². The van der Waals surface area contributed by atoms with Crippen molar-refractivity contribution in [2.75, 3.05) is 13.1 Å². The van der Waals surface area contributed by atoms with Gasteiger partial charge in [0, 0.05) is 6.04 Å². The summed E-state index contributed by atoms with van der Waals surface area (Å²) < 4.78 is 0. The molecule has 34 heavy (non-hydrogen) atoms. The fraction of sp³-hybridized carbons (Fsp3) is 1.00. The van der Waals surface area contributed by atoms with Crippen molar-refractivity contribution in [3.63, 3.8) is 0 Å². The van der Waals surface area contributed by atoms with Crippen molar-refractivity contribution in [3.05, 3.63) is 0 Å². The summed E-state index contributed by atoms with van der Waals surface area (Å²) >= 11 is 0. The second-order valence-corrected chi connectivity index (χ2v) is 12.4. The number of hydrogen-bond donors (Lipinski definition) is 0. The van der Waals surface area contributed by atoms with Crippen LogP contribution in [0.3, 0.4) is 0 Å². The van der Waals surface area contributed by atoms with E-state index < -0.39 is 0 Å². The lowest BCUT2D eigenvalue weighted by Gasteiger charge is -2.41. The molecule has 0 aromatic rings. The molecule has 0 spiro atoms. The van der Waals surface area contributed by atoms with E-state index in [-0.39, 0.29) is 0 Å². The summed E-state index contributed by atoms with van der Waals surface area (Å²) in [6, 6.07) is 0.757. The van der Waals surface area contributed by atoms with Crippen molar-refractivity contribution in [1.82, 2.24) is 4.90 Å². The van der Waals surface area contributed by atoms with Crippen LogP contribution in [-0.4, -0.2) is 24.0 Å². The van der Waals surface area contributed by atoms with Gasteiger partial charge in [-0.1, -0.05) is 170 Å². The third-order valence-corrected chi connectivity index (χ3v) is 7.87. The standard InChI is InChI=1S/C33H69N/c1-7-10-13-16-19-21-24-27-30-34(31-28-25-22-20-17-14-11-8-2)32(33(4,5)6)29-26-23-18-15-12-9-3/h32H,7-31H2,1-6H3. The minimum Gasteiger partial charge on any atom is -0.300 e. The van der Waals surface area contributed by atoms with Gasteiger partial charge in [-0.15, -0.1) is 0 Å². The summed E-state index contributed by atoms with van der Waals surface area (Å²) in [5, 5.41) is 0. The summed E-state index contributed by atoms with van der Waals surface area (Å²) in [7, 11) is 0. The number of nitrogens with zero attached hydrogens (tertiary/aromatic N) is 1. The smallest absolute Gasteiger partial charge is 0.0144 e. The van der Waals surface area contributed by atoms with Crippen LogP contribution < -0.4 is 0 Å². The van der Waals surface area contributed by atoms with E-state index in [1.165, 1.54) is 161 Å². The molecule has 0 N–H and O–H groups in total. The van der Waals surface area contributed by atoms with Gasteiger partial charge in [0.2, 0.25) is 0 Å². The van der Waals surface area contributed by atoms with Crippen molar-refractivity contribution in [2.45, 2.75) is 195 Å². The average molecular weight is 480 g/mol. The Morgan fingerprint density at radius 3 is 1.03 bits per heavy atom. The lowest BCUT2D eigenvalue weighted by Crippen LogP contribution is -2.45. The van der Waals surface area contributed by atoms with Crippen molar-refractivity contribution in [3.8, 4) is 0 Å². The van der Waals surface area contributed by atoms with Gasteiger partial charge in [0.25, 0.3) is 0 Å². The van der Waals surface area contributed by atoms with Crippen LogP contribution in [0.25, 0.3) is 0 Å². The second-order valence-electron chi connectivity index (χ2n) is 12.4. The topological polar surface area (TPSA) is 3.24 Å². The Hall–Kier alpha value is -0.0400.